The van der Waals surface area contributed by atoms with Gasteiger partial charge < -0.3 is 24.2 Å². The van der Waals surface area contributed by atoms with Crippen molar-refractivity contribution >= 4 is 11.9 Å². The van der Waals surface area contributed by atoms with Crippen molar-refractivity contribution in [3.8, 4) is 11.5 Å². The molecular weight excluding hydrogens is 302 g/mol. The van der Waals surface area contributed by atoms with Gasteiger partial charge in [-0.2, -0.15) is 0 Å². The monoisotopic (exact) mass is 321 g/mol. The minimum absolute atomic E-state index is 0.0607. The second-order valence-electron chi connectivity index (χ2n) is 5.52. The van der Waals surface area contributed by atoms with E-state index in [0.29, 0.717) is 38.3 Å². The maximum absolute atomic E-state index is 12.2. The Morgan fingerprint density at radius 1 is 1.17 bits per heavy atom. The second kappa shape index (κ2) is 6.87. The van der Waals surface area contributed by atoms with E-state index in [0.717, 1.165) is 11.3 Å². The molecule has 2 aliphatic heterocycles. The molecule has 7 heteroatoms. The molecule has 23 heavy (non-hydrogen) atoms. The van der Waals surface area contributed by atoms with Gasteiger partial charge in [0.2, 0.25) is 5.91 Å². The molecule has 1 atom stereocenters. The third kappa shape index (κ3) is 3.73. The summed E-state index contributed by atoms with van der Waals surface area (Å²) in [7, 11) is 0. The Balaban J connectivity index is 1.55. The van der Waals surface area contributed by atoms with E-state index in [2.05, 4.69) is 0 Å². The van der Waals surface area contributed by atoms with Crippen LogP contribution in [0.15, 0.2) is 18.2 Å². The fourth-order valence-corrected chi connectivity index (χ4v) is 2.68. The highest BCUT2D eigenvalue weighted by Crippen LogP contribution is 2.31. The number of morpholine rings is 1. The predicted octanol–water partition coefficient (Wildman–Crippen LogP) is 0.702. The number of hydrogen-bond acceptors (Lipinski definition) is 5. The molecule has 0 radical (unpaired) electrons. The minimum Gasteiger partial charge on any atom is -0.486 e. The van der Waals surface area contributed by atoms with E-state index in [9.17, 15) is 9.59 Å². The zero-order valence-electron chi connectivity index (χ0n) is 12.7. The van der Waals surface area contributed by atoms with E-state index in [1.54, 1.807) is 4.90 Å². The highest BCUT2D eigenvalue weighted by atomic mass is 16.6. The molecule has 0 aromatic heterocycles. The van der Waals surface area contributed by atoms with Crippen LogP contribution in [0.3, 0.4) is 0 Å². The number of aliphatic carboxylic acids is 1. The Morgan fingerprint density at radius 2 is 1.96 bits per heavy atom. The average molecular weight is 321 g/mol. The first-order valence-electron chi connectivity index (χ1n) is 7.64. The smallest absolute Gasteiger partial charge is 0.334 e. The van der Waals surface area contributed by atoms with Crippen molar-refractivity contribution < 1.29 is 28.9 Å². The van der Waals surface area contributed by atoms with Crippen molar-refractivity contribution in [1.82, 2.24) is 4.90 Å². The van der Waals surface area contributed by atoms with E-state index < -0.39 is 12.1 Å². The van der Waals surface area contributed by atoms with Crippen LogP contribution in [0.2, 0.25) is 0 Å². The number of hydrogen-bond donors (Lipinski definition) is 1. The number of carboxylic acids is 1. The predicted molar refractivity (Wildman–Crippen MR) is 79.7 cm³/mol. The Kier molecular flexibility index (Phi) is 4.66. The van der Waals surface area contributed by atoms with Gasteiger partial charge in [0.1, 0.15) is 13.2 Å². The van der Waals surface area contributed by atoms with Crippen LogP contribution >= 0.6 is 0 Å². The maximum atomic E-state index is 12.2. The third-order valence-corrected chi connectivity index (χ3v) is 3.93. The summed E-state index contributed by atoms with van der Waals surface area (Å²) < 4.78 is 16.1. The van der Waals surface area contributed by atoms with Crippen molar-refractivity contribution in [3.05, 3.63) is 23.8 Å². The van der Waals surface area contributed by atoms with Gasteiger partial charge in [0.25, 0.3) is 0 Å². The summed E-state index contributed by atoms with van der Waals surface area (Å²) in [4.78, 5) is 24.8. The standard InChI is InChI=1S/C16H19NO6/c18-15(17-5-6-21-14(10-17)16(19)20)4-2-11-1-3-12-13(9-11)23-8-7-22-12/h1,3,9,14H,2,4-8,10H2,(H,19,20)/t14-/m1/s1. The summed E-state index contributed by atoms with van der Waals surface area (Å²) in [5.41, 5.74) is 0.991. The number of carboxylic acid groups (broad SMARTS) is 1. The quantitative estimate of drug-likeness (QED) is 0.879. The van der Waals surface area contributed by atoms with Gasteiger partial charge in [0.05, 0.1) is 13.2 Å². The van der Waals surface area contributed by atoms with E-state index in [1.165, 1.54) is 0 Å². The van der Waals surface area contributed by atoms with Gasteiger partial charge >= 0.3 is 5.97 Å². The molecule has 3 rings (SSSR count). The first kappa shape index (κ1) is 15.6. The number of benzene rings is 1. The number of carbonyl (C=O) groups is 2. The summed E-state index contributed by atoms with van der Waals surface area (Å²) in [6.45, 7) is 1.87. The largest absolute Gasteiger partial charge is 0.486 e. The van der Waals surface area contributed by atoms with Crippen LogP contribution < -0.4 is 9.47 Å². The number of rotatable bonds is 4. The molecule has 1 aromatic carbocycles. The number of amides is 1. The zero-order chi connectivity index (χ0) is 16.2. The molecule has 7 nitrogen and oxygen atoms in total. The molecule has 2 aliphatic rings. The van der Waals surface area contributed by atoms with Crippen LogP contribution in [0.4, 0.5) is 0 Å². The van der Waals surface area contributed by atoms with E-state index in [1.807, 2.05) is 18.2 Å². The lowest BCUT2D eigenvalue weighted by atomic mass is 10.1. The third-order valence-electron chi connectivity index (χ3n) is 3.93. The van der Waals surface area contributed by atoms with Crippen molar-refractivity contribution in [2.45, 2.75) is 18.9 Å². The van der Waals surface area contributed by atoms with Gasteiger partial charge in [-0.15, -0.1) is 0 Å². The fraction of sp³-hybridized carbons (Fsp3) is 0.500. The normalized spacial score (nSPS) is 20.2. The summed E-state index contributed by atoms with van der Waals surface area (Å²) >= 11 is 0. The van der Waals surface area contributed by atoms with Gasteiger partial charge in [0, 0.05) is 13.0 Å². The Hall–Kier alpha value is -2.28. The van der Waals surface area contributed by atoms with Gasteiger partial charge in [-0.05, 0) is 24.1 Å². The Bertz CT molecular complexity index is 602. The summed E-state index contributed by atoms with van der Waals surface area (Å²) in [5.74, 6) is 0.339. The molecule has 124 valence electrons. The van der Waals surface area contributed by atoms with Crippen molar-refractivity contribution in [3.63, 3.8) is 0 Å². The van der Waals surface area contributed by atoms with Crippen molar-refractivity contribution in [2.24, 2.45) is 0 Å². The molecule has 0 spiro atoms. The molecule has 1 amide bonds. The highest BCUT2D eigenvalue weighted by molar-refractivity contribution is 5.79. The highest BCUT2D eigenvalue weighted by Gasteiger charge is 2.28. The summed E-state index contributed by atoms with van der Waals surface area (Å²) in [6.07, 6.45) is -0.0294. The number of carbonyl (C=O) groups excluding carboxylic acids is 1. The summed E-state index contributed by atoms with van der Waals surface area (Å²) in [6, 6.07) is 5.66. The van der Waals surface area contributed by atoms with Gasteiger partial charge in [-0.3, -0.25) is 4.79 Å². The Labute approximate surface area is 133 Å². The first-order valence-corrected chi connectivity index (χ1v) is 7.64. The minimum atomic E-state index is -1.03. The van der Waals surface area contributed by atoms with Crippen molar-refractivity contribution in [1.29, 1.82) is 0 Å². The van der Waals surface area contributed by atoms with Crippen LogP contribution in [0.25, 0.3) is 0 Å². The lowest BCUT2D eigenvalue weighted by molar-refractivity contribution is -0.159. The Morgan fingerprint density at radius 3 is 2.74 bits per heavy atom. The first-order chi connectivity index (χ1) is 11.1. The van der Waals surface area contributed by atoms with Crippen LogP contribution in [-0.2, 0) is 20.7 Å². The second-order valence-corrected chi connectivity index (χ2v) is 5.52. The van der Waals surface area contributed by atoms with Crippen molar-refractivity contribution in [2.75, 3.05) is 32.9 Å². The average Bonchev–Trinajstić information content (AvgIpc) is 2.59. The number of nitrogens with zero attached hydrogens (tertiary/aromatic N) is 1. The van der Waals surface area contributed by atoms with Crippen LogP contribution in [-0.4, -0.2) is 60.9 Å². The van der Waals surface area contributed by atoms with Gasteiger partial charge in [-0.25, -0.2) is 4.79 Å². The molecule has 0 unspecified atom stereocenters. The lowest BCUT2D eigenvalue weighted by Gasteiger charge is -2.31. The molecule has 1 saturated heterocycles. The number of ether oxygens (including phenoxy) is 3. The molecular formula is C16H19NO6. The number of fused-ring (bicyclic) bond motifs is 1. The van der Waals surface area contributed by atoms with E-state index >= 15 is 0 Å². The summed E-state index contributed by atoms with van der Waals surface area (Å²) in [5, 5.41) is 8.97. The van der Waals surface area contributed by atoms with Crippen LogP contribution in [0.1, 0.15) is 12.0 Å². The van der Waals surface area contributed by atoms with Crippen LogP contribution in [0.5, 0.6) is 11.5 Å². The molecule has 1 fully saturated rings. The van der Waals surface area contributed by atoms with Crippen LogP contribution in [0, 0.1) is 0 Å². The molecule has 2 heterocycles. The molecule has 0 saturated carbocycles. The van der Waals surface area contributed by atoms with E-state index in [4.69, 9.17) is 19.3 Å². The number of aryl methyl sites for hydroxylation is 1. The molecule has 1 N–H and O–H groups in total. The maximum Gasteiger partial charge on any atom is 0.334 e. The van der Waals surface area contributed by atoms with Gasteiger partial charge in [0.15, 0.2) is 17.6 Å². The SMILES string of the molecule is O=C(O)[C@H]1CN(C(=O)CCc2ccc3c(c2)OCCO3)CCO1. The lowest BCUT2D eigenvalue weighted by Crippen LogP contribution is -2.48. The molecule has 0 bridgehead atoms. The van der Waals surface area contributed by atoms with E-state index in [-0.39, 0.29) is 19.1 Å². The topological polar surface area (TPSA) is 85.3 Å². The zero-order valence-corrected chi connectivity index (χ0v) is 12.7. The van der Waals surface area contributed by atoms with Gasteiger partial charge in [-0.1, -0.05) is 6.07 Å². The molecule has 0 aliphatic carbocycles. The fourth-order valence-electron chi connectivity index (χ4n) is 2.68. The molecule has 1 aromatic rings.